The zero-order valence-electron chi connectivity index (χ0n) is 12.4. The van der Waals surface area contributed by atoms with Gasteiger partial charge in [0.2, 0.25) is 0 Å². The third-order valence-corrected chi connectivity index (χ3v) is 3.88. The second kappa shape index (κ2) is 5.68. The molecule has 1 saturated carbocycles. The molecule has 3 nitrogen and oxygen atoms in total. The number of rotatable bonds is 3. The van der Waals surface area contributed by atoms with Crippen LogP contribution < -0.4 is 5.32 Å². The minimum absolute atomic E-state index is 0.117. The largest absolute Gasteiger partial charge is 0.416 e. The van der Waals surface area contributed by atoms with Gasteiger partial charge in [0.15, 0.2) is 0 Å². The van der Waals surface area contributed by atoms with Crippen molar-refractivity contribution in [2.24, 2.45) is 0 Å². The molecular weight excluding hydrogens is 305 g/mol. The summed E-state index contributed by atoms with van der Waals surface area (Å²) in [5.74, 6) is -0.00624. The van der Waals surface area contributed by atoms with Gasteiger partial charge in [0.05, 0.1) is 5.56 Å². The van der Waals surface area contributed by atoms with Crippen LogP contribution in [-0.2, 0) is 6.18 Å². The molecule has 1 aliphatic rings. The molecule has 0 spiro atoms. The fourth-order valence-corrected chi connectivity index (χ4v) is 2.53. The van der Waals surface area contributed by atoms with Crippen molar-refractivity contribution in [3.05, 3.63) is 58.8 Å². The maximum Gasteiger partial charge on any atom is 0.416 e. The molecule has 3 rings (SSSR count). The molecule has 0 radical (unpaired) electrons. The van der Waals surface area contributed by atoms with Crippen molar-refractivity contribution in [3.63, 3.8) is 0 Å². The summed E-state index contributed by atoms with van der Waals surface area (Å²) in [5.41, 5.74) is 1.82. The van der Waals surface area contributed by atoms with E-state index in [1.165, 1.54) is 18.4 Å². The van der Waals surface area contributed by atoms with Crippen LogP contribution in [0.5, 0.6) is 0 Å². The molecule has 1 aromatic carbocycles. The van der Waals surface area contributed by atoms with Gasteiger partial charge in [-0.25, -0.2) is 4.98 Å². The van der Waals surface area contributed by atoms with Crippen molar-refractivity contribution in [2.45, 2.75) is 31.9 Å². The molecular formula is C17H15F3N2O. The summed E-state index contributed by atoms with van der Waals surface area (Å²) >= 11 is 0. The molecule has 2 aromatic rings. The number of anilines is 1. The number of amides is 1. The number of alkyl halides is 3. The topological polar surface area (TPSA) is 42.0 Å². The van der Waals surface area contributed by atoms with E-state index in [1.54, 1.807) is 12.1 Å². The minimum atomic E-state index is -4.47. The number of hydrogen-bond acceptors (Lipinski definition) is 2. The van der Waals surface area contributed by atoms with Crippen molar-refractivity contribution in [1.29, 1.82) is 0 Å². The van der Waals surface area contributed by atoms with Gasteiger partial charge in [-0.2, -0.15) is 13.2 Å². The lowest BCUT2D eigenvalue weighted by Gasteiger charge is -2.10. The number of aryl methyl sites for hydroxylation is 1. The maximum atomic E-state index is 12.7. The molecule has 0 bridgehead atoms. The van der Waals surface area contributed by atoms with Crippen LogP contribution >= 0.6 is 0 Å². The zero-order chi connectivity index (χ0) is 16.6. The van der Waals surface area contributed by atoms with Crippen molar-refractivity contribution >= 4 is 11.7 Å². The molecule has 0 saturated heterocycles. The number of benzene rings is 1. The van der Waals surface area contributed by atoms with Gasteiger partial charge >= 0.3 is 6.18 Å². The lowest BCUT2D eigenvalue weighted by atomic mass is 10.0. The van der Waals surface area contributed by atoms with E-state index in [1.807, 2.05) is 13.0 Å². The number of carbonyl (C=O) groups excluding carboxylic acids is 1. The molecule has 0 aliphatic heterocycles. The summed E-state index contributed by atoms with van der Waals surface area (Å²) in [6.07, 6.45) is -1.11. The second-order valence-electron chi connectivity index (χ2n) is 5.73. The normalized spacial score (nSPS) is 14.6. The van der Waals surface area contributed by atoms with Crippen LogP contribution in [0.3, 0.4) is 0 Å². The van der Waals surface area contributed by atoms with Crippen LogP contribution in [0.1, 0.15) is 45.8 Å². The Bertz CT molecular complexity index is 752. The first-order valence-corrected chi connectivity index (χ1v) is 7.30. The van der Waals surface area contributed by atoms with Gasteiger partial charge in [-0.05, 0) is 61.1 Å². The standard InChI is InChI=1S/C17H15F3N2O/c1-10-8-12(4-5-14(10)11-2-3-11)16(23)22-15-9-13(6-7-21-15)17(18,19)20/h4-9,11H,2-3H2,1H3,(H,21,22,23). The predicted molar refractivity (Wildman–Crippen MR) is 80.3 cm³/mol. The van der Waals surface area contributed by atoms with E-state index in [2.05, 4.69) is 10.3 Å². The Labute approximate surface area is 131 Å². The average molecular weight is 320 g/mol. The smallest absolute Gasteiger partial charge is 0.307 e. The molecule has 120 valence electrons. The number of nitrogens with zero attached hydrogens (tertiary/aromatic N) is 1. The highest BCUT2D eigenvalue weighted by Crippen LogP contribution is 2.41. The number of nitrogens with one attached hydrogen (secondary N) is 1. The first-order valence-electron chi connectivity index (χ1n) is 7.30. The van der Waals surface area contributed by atoms with Crippen LogP contribution in [0.25, 0.3) is 0 Å². The predicted octanol–water partition coefficient (Wildman–Crippen LogP) is 4.54. The summed E-state index contributed by atoms with van der Waals surface area (Å²) < 4.78 is 38.0. The van der Waals surface area contributed by atoms with Crippen LogP contribution in [0.15, 0.2) is 36.5 Å². The van der Waals surface area contributed by atoms with E-state index in [0.717, 1.165) is 23.9 Å². The van der Waals surface area contributed by atoms with Gasteiger partial charge in [0, 0.05) is 11.8 Å². The SMILES string of the molecule is Cc1cc(C(=O)Nc2cc(C(F)(F)F)ccn2)ccc1C1CC1. The van der Waals surface area contributed by atoms with E-state index >= 15 is 0 Å². The van der Waals surface area contributed by atoms with Crippen molar-refractivity contribution in [1.82, 2.24) is 4.98 Å². The molecule has 1 aliphatic carbocycles. The van der Waals surface area contributed by atoms with Crippen molar-refractivity contribution < 1.29 is 18.0 Å². The second-order valence-corrected chi connectivity index (χ2v) is 5.73. The summed E-state index contributed by atoms with van der Waals surface area (Å²) in [6, 6.07) is 7.06. The van der Waals surface area contributed by atoms with Gasteiger partial charge < -0.3 is 5.32 Å². The minimum Gasteiger partial charge on any atom is -0.307 e. The summed E-state index contributed by atoms with van der Waals surface area (Å²) in [4.78, 5) is 16.0. The maximum absolute atomic E-state index is 12.7. The van der Waals surface area contributed by atoms with Crippen LogP contribution in [0.4, 0.5) is 19.0 Å². The highest BCUT2D eigenvalue weighted by atomic mass is 19.4. The highest BCUT2D eigenvalue weighted by molar-refractivity contribution is 6.04. The van der Waals surface area contributed by atoms with Crippen molar-refractivity contribution in [3.8, 4) is 0 Å². The monoisotopic (exact) mass is 320 g/mol. The molecule has 23 heavy (non-hydrogen) atoms. The first-order chi connectivity index (χ1) is 10.8. The molecule has 1 heterocycles. The molecule has 6 heteroatoms. The average Bonchev–Trinajstić information content (AvgIpc) is 3.31. The van der Waals surface area contributed by atoms with E-state index in [4.69, 9.17) is 0 Å². The molecule has 1 fully saturated rings. The zero-order valence-corrected chi connectivity index (χ0v) is 12.4. The van der Waals surface area contributed by atoms with Crippen LogP contribution in [-0.4, -0.2) is 10.9 Å². The van der Waals surface area contributed by atoms with Crippen LogP contribution in [0.2, 0.25) is 0 Å². The Morgan fingerprint density at radius 3 is 2.57 bits per heavy atom. The fraction of sp³-hybridized carbons (Fsp3) is 0.294. The van der Waals surface area contributed by atoms with Crippen LogP contribution in [0, 0.1) is 6.92 Å². The summed E-state index contributed by atoms with van der Waals surface area (Å²) in [5, 5.41) is 2.41. The van der Waals surface area contributed by atoms with Gasteiger partial charge in [-0.1, -0.05) is 6.07 Å². The quantitative estimate of drug-likeness (QED) is 0.902. The molecule has 1 N–H and O–H groups in total. The number of aromatic nitrogens is 1. The Morgan fingerprint density at radius 1 is 1.22 bits per heavy atom. The van der Waals surface area contributed by atoms with E-state index < -0.39 is 17.6 Å². The van der Waals surface area contributed by atoms with Gasteiger partial charge in [-0.3, -0.25) is 4.79 Å². The molecule has 1 aromatic heterocycles. The lowest BCUT2D eigenvalue weighted by Crippen LogP contribution is -2.14. The fourth-order valence-electron chi connectivity index (χ4n) is 2.53. The van der Waals surface area contributed by atoms with Crippen molar-refractivity contribution in [2.75, 3.05) is 5.32 Å². The summed E-state index contributed by atoms with van der Waals surface area (Å²) in [6.45, 7) is 1.94. The molecule has 1 amide bonds. The Morgan fingerprint density at radius 2 is 1.96 bits per heavy atom. The Balaban J connectivity index is 1.78. The lowest BCUT2D eigenvalue weighted by molar-refractivity contribution is -0.137. The van der Waals surface area contributed by atoms with Gasteiger partial charge in [-0.15, -0.1) is 0 Å². The highest BCUT2D eigenvalue weighted by Gasteiger charge is 2.31. The third-order valence-electron chi connectivity index (χ3n) is 3.88. The molecule has 0 unspecified atom stereocenters. The van der Waals surface area contributed by atoms with E-state index in [0.29, 0.717) is 11.5 Å². The van der Waals surface area contributed by atoms with Gasteiger partial charge in [0.25, 0.3) is 5.91 Å². The number of carbonyl (C=O) groups is 1. The van der Waals surface area contributed by atoms with E-state index in [-0.39, 0.29) is 5.82 Å². The number of hydrogen-bond donors (Lipinski definition) is 1. The third kappa shape index (κ3) is 3.52. The number of pyridine rings is 1. The Kier molecular flexibility index (Phi) is 3.83. The Hall–Kier alpha value is -2.37. The molecule has 0 atom stereocenters. The number of halogens is 3. The van der Waals surface area contributed by atoms with E-state index in [9.17, 15) is 18.0 Å². The first kappa shape index (κ1) is 15.5. The summed E-state index contributed by atoms with van der Waals surface area (Å²) in [7, 11) is 0. The van der Waals surface area contributed by atoms with Gasteiger partial charge in [0.1, 0.15) is 5.82 Å².